The molecule has 0 amide bonds. The van der Waals surface area contributed by atoms with E-state index in [1.165, 1.54) is 12.1 Å². The first-order valence-corrected chi connectivity index (χ1v) is 13.2. The van der Waals surface area contributed by atoms with Crippen molar-refractivity contribution in [3.8, 4) is 28.6 Å². The van der Waals surface area contributed by atoms with Gasteiger partial charge in [0.05, 0.1) is 6.61 Å². The van der Waals surface area contributed by atoms with Gasteiger partial charge in [0.15, 0.2) is 16.8 Å². The number of unbranched alkanes of at least 4 members (excludes halogenated alkanes) is 1. The van der Waals surface area contributed by atoms with E-state index in [4.69, 9.17) is 13.9 Å². The normalized spacial score (nSPS) is 14.6. The molecule has 0 unspecified atom stereocenters. The van der Waals surface area contributed by atoms with Gasteiger partial charge >= 0.3 is 0 Å². The van der Waals surface area contributed by atoms with E-state index in [1.807, 2.05) is 60.7 Å². The Kier molecular flexibility index (Phi) is 8.26. The first-order chi connectivity index (χ1) is 18.6. The first-order valence-electron chi connectivity index (χ1n) is 13.2. The van der Waals surface area contributed by atoms with Crippen LogP contribution in [-0.4, -0.2) is 61.3 Å². The van der Waals surface area contributed by atoms with Gasteiger partial charge in [-0.3, -0.25) is 4.79 Å². The summed E-state index contributed by atoms with van der Waals surface area (Å²) in [5, 5.41) is 10.9. The van der Waals surface area contributed by atoms with Crippen LogP contribution < -0.4 is 14.9 Å². The molecule has 7 heteroatoms. The molecule has 1 aliphatic heterocycles. The first kappa shape index (κ1) is 25.8. The van der Waals surface area contributed by atoms with E-state index in [0.717, 1.165) is 56.7 Å². The van der Waals surface area contributed by atoms with Crippen LogP contribution in [0.4, 0.5) is 0 Å². The summed E-state index contributed by atoms with van der Waals surface area (Å²) in [4.78, 5) is 17.9. The molecule has 1 N–H and O–H groups in total. The number of phenolic OH excluding ortho intramolecular Hbond substituents is 1. The van der Waals surface area contributed by atoms with Crippen LogP contribution in [0.15, 0.2) is 82.0 Å². The topological polar surface area (TPSA) is 75.4 Å². The lowest BCUT2D eigenvalue weighted by Crippen LogP contribution is -2.44. The molecule has 0 bridgehead atoms. The Labute approximate surface area is 222 Å². The number of piperazine rings is 1. The number of hydrogen-bond donors (Lipinski definition) is 1. The summed E-state index contributed by atoms with van der Waals surface area (Å²) in [6.45, 7) is 6.12. The molecule has 2 heterocycles. The van der Waals surface area contributed by atoms with Crippen LogP contribution >= 0.6 is 0 Å². The highest BCUT2D eigenvalue weighted by Gasteiger charge is 2.21. The molecular formula is C31H34N2O5. The maximum atomic E-state index is 13.1. The third kappa shape index (κ3) is 6.18. The molecule has 4 aromatic rings. The van der Waals surface area contributed by atoms with Gasteiger partial charge in [0, 0.05) is 43.9 Å². The lowest BCUT2D eigenvalue weighted by molar-refractivity contribution is 0.149. The number of rotatable bonds is 10. The largest absolute Gasteiger partial charge is 0.507 e. The molecule has 0 aliphatic carbocycles. The van der Waals surface area contributed by atoms with E-state index in [2.05, 4.69) is 16.8 Å². The fourth-order valence-electron chi connectivity index (χ4n) is 4.68. The molecule has 5 rings (SSSR count). The summed E-state index contributed by atoms with van der Waals surface area (Å²) in [5.74, 6) is 0.885. The van der Waals surface area contributed by atoms with Gasteiger partial charge in [0.25, 0.3) is 0 Å². The molecule has 1 aromatic heterocycles. The number of hydrogen-bond acceptors (Lipinski definition) is 7. The van der Waals surface area contributed by atoms with E-state index in [-0.39, 0.29) is 28.8 Å². The third-order valence-corrected chi connectivity index (χ3v) is 6.91. The van der Waals surface area contributed by atoms with E-state index in [1.54, 1.807) is 0 Å². The van der Waals surface area contributed by atoms with Crippen molar-refractivity contribution in [1.82, 2.24) is 9.80 Å². The second-order valence-corrected chi connectivity index (χ2v) is 9.74. The number of aromatic hydroxyl groups is 1. The number of fused-ring (bicyclic) bond motifs is 1. The standard InChI is InChI=1S/C31H34N2O5/c1-32-15-17-33(18-16-32)14-8-9-19-36-30-28(37-22-23-10-4-2-5-11-23)21-26(35)29-25(34)20-27(38-31(29)30)24-12-6-3-7-13-24/h2-7,10-13,20-21,35H,8-9,14-19,22H2,1H3. The van der Waals surface area contributed by atoms with Gasteiger partial charge in [-0.25, -0.2) is 0 Å². The van der Waals surface area contributed by atoms with Crippen LogP contribution in [0.2, 0.25) is 0 Å². The second-order valence-electron chi connectivity index (χ2n) is 9.74. The minimum atomic E-state index is -0.336. The zero-order valence-corrected chi connectivity index (χ0v) is 21.8. The minimum Gasteiger partial charge on any atom is -0.507 e. The van der Waals surface area contributed by atoms with E-state index in [0.29, 0.717) is 23.9 Å². The fraction of sp³-hybridized carbons (Fsp3) is 0.323. The highest BCUT2D eigenvalue weighted by atomic mass is 16.5. The average Bonchev–Trinajstić information content (AvgIpc) is 2.94. The van der Waals surface area contributed by atoms with Crippen molar-refractivity contribution in [2.24, 2.45) is 0 Å². The molecule has 0 spiro atoms. The predicted molar refractivity (Wildman–Crippen MR) is 149 cm³/mol. The summed E-state index contributed by atoms with van der Waals surface area (Å²) in [7, 11) is 2.16. The van der Waals surface area contributed by atoms with Crippen LogP contribution in [0.5, 0.6) is 17.2 Å². The van der Waals surface area contributed by atoms with Crippen molar-refractivity contribution in [2.45, 2.75) is 19.4 Å². The molecule has 0 saturated carbocycles. The Balaban J connectivity index is 1.41. The smallest absolute Gasteiger partial charge is 0.205 e. The molecule has 1 saturated heterocycles. The van der Waals surface area contributed by atoms with Crippen LogP contribution in [-0.2, 0) is 6.61 Å². The van der Waals surface area contributed by atoms with E-state index < -0.39 is 0 Å². The number of likely N-dealkylation sites (N-methyl/N-ethyl adjacent to an activating group) is 1. The highest BCUT2D eigenvalue weighted by molar-refractivity contribution is 5.91. The lowest BCUT2D eigenvalue weighted by Gasteiger charge is -2.32. The van der Waals surface area contributed by atoms with Crippen LogP contribution in [0.3, 0.4) is 0 Å². The van der Waals surface area contributed by atoms with Crippen molar-refractivity contribution in [3.63, 3.8) is 0 Å². The van der Waals surface area contributed by atoms with Gasteiger partial charge in [-0.05, 0) is 32.0 Å². The molecule has 38 heavy (non-hydrogen) atoms. The van der Waals surface area contributed by atoms with Gasteiger partial charge < -0.3 is 28.8 Å². The molecule has 1 aliphatic rings. The summed E-state index contributed by atoms with van der Waals surface area (Å²) < 4.78 is 18.6. The Morgan fingerprint density at radius 3 is 2.34 bits per heavy atom. The van der Waals surface area contributed by atoms with Crippen molar-refractivity contribution in [3.05, 3.63) is 88.6 Å². The van der Waals surface area contributed by atoms with Crippen molar-refractivity contribution >= 4 is 11.0 Å². The van der Waals surface area contributed by atoms with E-state index >= 15 is 0 Å². The Morgan fingerprint density at radius 1 is 0.895 bits per heavy atom. The maximum Gasteiger partial charge on any atom is 0.205 e. The summed E-state index contributed by atoms with van der Waals surface area (Å²) in [6.07, 6.45) is 1.84. The minimum absolute atomic E-state index is 0.0872. The summed E-state index contributed by atoms with van der Waals surface area (Å²) >= 11 is 0. The fourth-order valence-corrected chi connectivity index (χ4v) is 4.68. The Bertz CT molecular complexity index is 1400. The second kappa shape index (κ2) is 12.2. The summed E-state index contributed by atoms with van der Waals surface area (Å²) in [5.41, 5.74) is 1.60. The van der Waals surface area contributed by atoms with Crippen molar-refractivity contribution in [2.75, 3.05) is 46.4 Å². The molecule has 1 fully saturated rings. The van der Waals surface area contributed by atoms with Gasteiger partial charge in [-0.15, -0.1) is 0 Å². The third-order valence-electron chi connectivity index (χ3n) is 6.91. The van der Waals surface area contributed by atoms with Gasteiger partial charge in [0.1, 0.15) is 23.5 Å². The molecule has 3 aromatic carbocycles. The lowest BCUT2D eigenvalue weighted by atomic mass is 10.1. The van der Waals surface area contributed by atoms with Gasteiger partial charge in [-0.2, -0.15) is 0 Å². The predicted octanol–water partition coefficient (Wildman–Crippen LogP) is 5.15. The molecule has 7 nitrogen and oxygen atoms in total. The highest BCUT2D eigenvalue weighted by Crippen LogP contribution is 2.41. The summed E-state index contributed by atoms with van der Waals surface area (Å²) in [6, 6.07) is 22.0. The van der Waals surface area contributed by atoms with Crippen molar-refractivity contribution < 1.29 is 19.0 Å². The van der Waals surface area contributed by atoms with Crippen LogP contribution in [0.1, 0.15) is 18.4 Å². The van der Waals surface area contributed by atoms with Gasteiger partial charge in [-0.1, -0.05) is 60.7 Å². The quantitative estimate of drug-likeness (QED) is 0.293. The monoisotopic (exact) mass is 514 g/mol. The number of ether oxygens (including phenoxy) is 2. The van der Waals surface area contributed by atoms with E-state index in [9.17, 15) is 9.90 Å². The number of phenols is 1. The Morgan fingerprint density at radius 2 is 1.61 bits per heavy atom. The Hall–Kier alpha value is -3.81. The maximum absolute atomic E-state index is 13.1. The van der Waals surface area contributed by atoms with Crippen LogP contribution in [0, 0.1) is 0 Å². The average molecular weight is 515 g/mol. The molecular weight excluding hydrogens is 480 g/mol. The zero-order chi connectivity index (χ0) is 26.3. The van der Waals surface area contributed by atoms with Crippen molar-refractivity contribution in [1.29, 1.82) is 0 Å². The zero-order valence-electron chi connectivity index (χ0n) is 21.8. The SMILES string of the molecule is CN1CCN(CCCCOc2c(OCc3ccccc3)cc(O)c3c(=O)cc(-c4ccccc4)oc23)CC1. The number of nitrogens with zero attached hydrogens (tertiary/aromatic N) is 2. The molecule has 198 valence electrons. The number of benzene rings is 3. The molecule has 0 radical (unpaired) electrons. The van der Waals surface area contributed by atoms with Crippen LogP contribution in [0.25, 0.3) is 22.3 Å². The van der Waals surface area contributed by atoms with Gasteiger partial charge in [0.2, 0.25) is 5.75 Å². The molecule has 0 atom stereocenters.